The van der Waals surface area contributed by atoms with Gasteiger partial charge in [0.05, 0.1) is 0 Å². The maximum Gasteiger partial charge on any atom is 0.115 e. The molecule has 58 valence electrons. The fourth-order valence-corrected chi connectivity index (χ4v) is 1.05. The topological polar surface area (TPSA) is 23.9 Å². The predicted octanol–water partition coefficient (Wildman–Crippen LogP) is 2.46. The van der Waals surface area contributed by atoms with E-state index < -0.39 is 6.67 Å². The summed E-state index contributed by atoms with van der Waals surface area (Å²) in [5.41, 5.74) is 2.40. The number of halogens is 1. The first-order valence-electron chi connectivity index (χ1n) is 3.43. The highest BCUT2D eigenvalue weighted by Gasteiger charge is 1.94. The summed E-state index contributed by atoms with van der Waals surface area (Å²) in [6, 6.07) is 5.32. The summed E-state index contributed by atoms with van der Waals surface area (Å²) in [7, 11) is 0. The van der Waals surface area contributed by atoms with E-state index in [1.807, 2.05) is 13.0 Å². The molecule has 1 nitrogen and oxygen atoms in total. The molecule has 1 N–H and O–H groups in total. The molecule has 0 aliphatic rings. The molecular formula is C9H10FN. The number of rotatable bonds is 2. The highest BCUT2D eigenvalue weighted by Crippen LogP contribution is 2.08. The Morgan fingerprint density at radius 1 is 1.45 bits per heavy atom. The standard InChI is InChI=1S/C9H10FN/c1-7-2-8(5-10)4-9(3-7)6-11/h2-4,6,11H,5H2,1H3. The molecule has 0 saturated heterocycles. The molecule has 2 heteroatoms. The van der Waals surface area contributed by atoms with Crippen molar-refractivity contribution < 1.29 is 4.39 Å². The normalized spacial score (nSPS) is 9.64. The van der Waals surface area contributed by atoms with E-state index in [0.29, 0.717) is 5.56 Å². The van der Waals surface area contributed by atoms with Crippen molar-refractivity contribution in [1.82, 2.24) is 0 Å². The molecule has 11 heavy (non-hydrogen) atoms. The third kappa shape index (κ3) is 1.87. The molecule has 0 aliphatic heterocycles. The third-order valence-corrected chi connectivity index (χ3v) is 1.48. The van der Waals surface area contributed by atoms with E-state index in [0.717, 1.165) is 11.1 Å². The Hall–Kier alpha value is -1.18. The van der Waals surface area contributed by atoms with Crippen molar-refractivity contribution in [2.75, 3.05) is 0 Å². The molecule has 0 fully saturated rings. The van der Waals surface area contributed by atoms with Crippen LogP contribution in [0.15, 0.2) is 18.2 Å². The smallest absolute Gasteiger partial charge is 0.115 e. The predicted molar refractivity (Wildman–Crippen MR) is 43.9 cm³/mol. The average molecular weight is 151 g/mol. The fraction of sp³-hybridized carbons (Fsp3) is 0.222. The van der Waals surface area contributed by atoms with Gasteiger partial charge >= 0.3 is 0 Å². The van der Waals surface area contributed by atoms with Crippen LogP contribution in [0, 0.1) is 12.3 Å². The van der Waals surface area contributed by atoms with Gasteiger partial charge in [-0.2, -0.15) is 0 Å². The maximum absolute atomic E-state index is 12.1. The highest BCUT2D eigenvalue weighted by atomic mass is 19.1. The van der Waals surface area contributed by atoms with Crippen molar-refractivity contribution in [3.05, 3.63) is 34.9 Å². The monoisotopic (exact) mass is 151 g/mol. The zero-order chi connectivity index (χ0) is 8.27. The summed E-state index contributed by atoms with van der Waals surface area (Å²) in [6.45, 7) is 1.44. The van der Waals surface area contributed by atoms with Gasteiger partial charge in [-0.1, -0.05) is 17.7 Å². The maximum atomic E-state index is 12.1. The lowest BCUT2D eigenvalue weighted by molar-refractivity contribution is 0.485. The lowest BCUT2D eigenvalue weighted by Crippen LogP contribution is -1.86. The molecule has 1 aromatic rings. The van der Waals surface area contributed by atoms with Gasteiger partial charge in [-0.15, -0.1) is 0 Å². The lowest BCUT2D eigenvalue weighted by Gasteiger charge is -1.99. The molecule has 1 rings (SSSR count). The first kappa shape index (κ1) is 7.92. The minimum Gasteiger partial charge on any atom is -0.308 e. The number of hydrogen-bond acceptors (Lipinski definition) is 1. The number of aryl methyl sites for hydroxylation is 1. The quantitative estimate of drug-likeness (QED) is 0.628. The fourth-order valence-electron chi connectivity index (χ4n) is 1.05. The van der Waals surface area contributed by atoms with Crippen molar-refractivity contribution >= 4 is 6.21 Å². The molecule has 0 bridgehead atoms. The Morgan fingerprint density at radius 2 is 2.18 bits per heavy atom. The third-order valence-electron chi connectivity index (χ3n) is 1.48. The van der Waals surface area contributed by atoms with Gasteiger partial charge in [-0.25, -0.2) is 4.39 Å². The molecular weight excluding hydrogens is 141 g/mol. The highest BCUT2D eigenvalue weighted by molar-refractivity contribution is 5.77. The first-order valence-corrected chi connectivity index (χ1v) is 3.43. The molecule has 0 aromatic heterocycles. The molecule has 0 heterocycles. The zero-order valence-electron chi connectivity index (χ0n) is 6.39. The number of nitrogens with one attached hydrogen (secondary N) is 1. The largest absolute Gasteiger partial charge is 0.308 e. The molecule has 0 spiro atoms. The van der Waals surface area contributed by atoms with Crippen LogP contribution in [-0.2, 0) is 6.67 Å². The molecule has 0 unspecified atom stereocenters. The van der Waals surface area contributed by atoms with Crippen LogP contribution in [0.5, 0.6) is 0 Å². The summed E-state index contributed by atoms with van der Waals surface area (Å²) < 4.78 is 12.1. The Balaban J connectivity index is 3.11. The van der Waals surface area contributed by atoms with Crippen molar-refractivity contribution in [3.8, 4) is 0 Å². The van der Waals surface area contributed by atoms with Crippen LogP contribution in [0.1, 0.15) is 16.7 Å². The summed E-state index contributed by atoms with van der Waals surface area (Å²) in [4.78, 5) is 0. The van der Waals surface area contributed by atoms with E-state index in [9.17, 15) is 4.39 Å². The van der Waals surface area contributed by atoms with Gasteiger partial charge in [0, 0.05) is 6.21 Å². The number of alkyl halides is 1. The summed E-state index contributed by atoms with van der Waals surface area (Å²) in [5, 5.41) is 6.96. The summed E-state index contributed by atoms with van der Waals surface area (Å²) in [6.07, 6.45) is 1.23. The molecule has 0 atom stereocenters. The molecule has 0 aliphatic carbocycles. The van der Waals surface area contributed by atoms with Crippen LogP contribution in [0.25, 0.3) is 0 Å². The Morgan fingerprint density at radius 3 is 2.73 bits per heavy atom. The SMILES string of the molecule is Cc1cc(C=N)cc(CF)c1. The van der Waals surface area contributed by atoms with Gasteiger partial charge in [0.15, 0.2) is 0 Å². The lowest BCUT2D eigenvalue weighted by atomic mass is 10.1. The van der Waals surface area contributed by atoms with E-state index in [-0.39, 0.29) is 0 Å². The minimum atomic E-state index is -0.456. The minimum absolute atomic E-state index is 0.456. The Bertz CT molecular complexity index is 268. The Labute approximate surface area is 65.4 Å². The van der Waals surface area contributed by atoms with Gasteiger partial charge < -0.3 is 5.41 Å². The Kier molecular flexibility index (Phi) is 2.36. The molecule has 1 aromatic carbocycles. The molecule has 0 saturated carbocycles. The van der Waals surface area contributed by atoms with Gasteiger partial charge in [0.2, 0.25) is 0 Å². The van der Waals surface area contributed by atoms with Crippen LogP contribution in [0.2, 0.25) is 0 Å². The van der Waals surface area contributed by atoms with E-state index in [4.69, 9.17) is 5.41 Å². The van der Waals surface area contributed by atoms with Crippen molar-refractivity contribution in [1.29, 1.82) is 5.41 Å². The van der Waals surface area contributed by atoms with Crippen molar-refractivity contribution in [2.45, 2.75) is 13.6 Å². The zero-order valence-corrected chi connectivity index (χ0v) is 6.39. The van der Waals surface area contributed by atoms with Crippen LogP contribution in [-0.4, -0.2) is 6.21 Å². The van der Waals surface area contributed by atoms with Crippen molar-refractivity contribution in [3.63, 3.8) is 0 Å². The first-order chi connectivity index (χ1) is 5.26. The average Bonchev–Trinajstić information content (AvgIpc) is 2.03. The van der Waals surface area contributed by atoms with Crippen LogP contribution < -0.4 is 0 Å². The van der Waals surface area contributed by atoms with E-state index in [1.54, 1.807) is 12.1 Å². The molecule has 0 radical (unpaired) electrons. The van der Waals surface area contributed by atoms with Crippen LogP contribution >= 0.6 is 0 Å². The van der Waals surface area contributed by atoms with Crippen LogP contribution in [0.4, 0.5) is 4.39 Å². The number of hydrogen-bond donors (Lipinski definition) is 1. The van der Waals surface area contributed by atoms with Gasteiger partial charge in [-0.3, -0.25) is 0 Å². The van der Waals surface area contributed by atoms with Gasteiger partial charge in [-0.05, 0) is 24.1 Å². The van der Waals surface area contributed by atoms with Gasteiger partial charge in [0.1, 0.15) is 6.67 Å². The molecule has 0 amide bonds. The van der Waals surface area contributed by atoms with Crippen molar-refractivity contribution in [2.24, 2.45) is 0 Å². The van der Waals surface area contributed by atoms with E-state index in [1.165, 1.54) is 6.21 Å². The van der Waals surface area contributed by atoms with Crippen LogP contribution in [0.3, 0.4) is 0 Å². The van der Waals surface area contributed by atoms with E-state index in [2.05, 4.69) is 0 Å². The summed E-state index contributed by atoms with van der Waals surface area (Å²) >= 11 is 0. The van der Waals surface area contributed by atoms with Gasteiger partial charge in [0.25, 0.3) is 0 Å². The van der Waals surface area contributed by atoms with E-state index >= 15 is 0 Å². The second-order valence-corrected chi connectivity index (χ2v) is 2.53. The summed E-state index contributed by atoms with van der Waals surface area (Å²) in [5.74, 6) is 0. The second-order valence-electron chi connectivity index (χ2n) is 2.53. The second kappa shape index (κ2) is 3.28. The number of benzene rings is 1.